The zero-order chi connectivity index (χ0) is 15.1. The minimum atomic E-state index is -0.812. The Kier molecular flexibility index (Phi) is 2.37. The van der Waals surface area contributed by atoms with Gasteiger partial charge in [-0.05, 0) is 44.4 Å². The highest BCUT2D eigenvalue weighted by Gasteiger charge is 2.72. The molecule has 5 atom stereocenters. The third kappa shape index (κ3) is 1.17. The average molecular weight is 302 g/mol. The molecule has 22 heavy (non-hydrogen) atoms. The van der Waals surface area contributed by atoms with Gasteiger partial charge in [-0.1, -0.05) is 6.07 Å². The van der Waals surface area contributed by atoms with Gasteiger partial charge in [0.05, 0.1) is 11.0 Å². The van der Waals surface area contributed by atoms with Gasteiger partial charge in [0, 0.05) is 24.2 Å². The van der Waals surface area contributed by atoms with Crippen LogP contribution in [0, 0.1) is 0 Å². The maximum Gasteiger partial charge on any atom is 0.165 e. The van der Waals surface area contributed by atoms with Crippen LogP contribution in [0.15, 0.2) is 12.1 Å². The van der Waals surface area contributed by atoms with Crippen molar-refractivity contribution in [2.75, 3.05) is 13.6 Å². The molecule has 5 heteroatoms. The Morgan fingerprint density at radius 2 is 2.27 bits per heavy atom. The van der Waals surface area contributed by atoms with Gasteiger partial charge in [-0.15, -0.1) is 0 Å². The highest BCUT2D eigenvalue weighted by Crippen LogP contribution is 2.64. The number of phenolic OH excluding ortho intramolecular Hbond substituents is 1. The van der Waals surface area contributed by atoms with Crippen LogP contribution in [-0.2, 0) is 11.8 Å². The van der Waals surface area contributed by atoms with E-state index >= 15 is 0 Å². The maximum absolute atomic E-state index is 11.7. The predicted octanol–water partition coefficient (Wildman–Crippen LogP) is 0.422. The summed E-state index contributed by atoms with van der Waals surface area (Å²) in [7, 11) is 1.95. The van der Waals surface area contributed by atoms with E-state index in [0.29, 0.717) is 5.75 Å². The summed E-state index contributed by atoms with van der Waals surface area (Å²) in [4.78, 5) is 0. The van der Waals surface area contributed by atoms with Crippen molar-refractivity contribution in [3.8, 4) is 11.5 Å². The lowest BCUT2D eigenvalue weighted by Crippen LogP contribution is -2.81. The fraction of sp³-hybridized carbons (Fsp3) is 0.647. The van der Waals surface area contributed by atoms with Gasteiger partial charge in [0.1, 0.15) is 6.10 Å². The summed E-state index contributed by atoms with van der Waals surface area (Å²) in [5.41, 5.74) is 1.02. The van der Waals surface area contributed by atoms with Crippen LogP contribution in [-0.4, -0.2) is 47.6 Å². The Morgan fingerprint density at radius 3 is 3.09 bits per heavy atom. The first kappa shape index (κ1) is 13.2. The minimum absolute atomic E-state index is 0.0596. The molecule has 5 rings (SSSR count). The molecule has 2 aliphatic carbocycles. The second-order valence-electron chi connectivity index (χ2n) is 7.25. The molecule has 1 saturated carbocycles. The summed E-state index contributed by atoms with van der Waals surface area (Å²) >= 11 is 0. The molecule has 4 aliphatic rings. The molecule has 1 aromatic carbocycles. The monoisotopic (exact) mass is 302 g/mol. The zero-order valence-electron chi connectivity index (χ0n) is 12.7. The van der Waals surface area contributed by atoms with Crippen LogP contribution in [0.4, 0.5) is 0 Å². The van der Waals surface area contributed by atoms with E-state index in [4.69, 9.17) is 4.74 Å². The SMILES string of the molecule is CNC1CNC2Cc3ccc(O)c4c3C13C(CCCC23O)O4. The van der Waals surface area contributed by atoms with Crippen LogP contribution < -0.4 is 15.4 Å². The first-order valence-corrected chi connectivity index (χ1v) is 8.28. The second kappa shape index (κ2) is 3.96. The summed E-state index contributed by atoms with van der Waals surface area (Å²) in [5.74, 6) is 0.820. The third-order valence-corrected chi connectivity index (χ3v) is 6.61. The van der Waals surface area contributed by atoms with Crippen molar-refractivity contribution < 1.29 is 14.9 Å². The van der Waals surface area contributed by atoms with E-state index in [-0.39, 0.29) is 23.9 Å². The van der Waals surface area contributed by atoms with E-state index < -0.39 is 11.0 Å². The number of aromatic hydroxyl groups is 1. The summed E-state index contributed by atoms with van der Waals surface area (Å²) in [5, 5.41) is 29.0. The van der Waals surface area contributed by atoms with Crippen molar-refractivity contribution >= 4 is 0 Å². The molecule has 1 aromatic rings. The highest BCUT2D eigenvalue weighted by molar-refractivity contribution is 5.63. The molecule has 5 nitrogen and oxygen atoms in total. The largest absolute Gasteiger partial charge is 0.504 e. The lowest BCUT2D eigenvalue weighted by Gasteiger charge is -2.63. The maximum atomic E-state index is 11.7. The van der Waals surface area contributed by atoms with Crippen molar-refractivity contribution in [1.82, 2.24) is 10.6 Å². The number of ether oxygens (including phenoxy) is 1. The van der Waals surface area contributed by atoms with Crippen LogP contribution in [0.5, 0.6) is 11.5 Å². The van der Waals surface area contributed by atoms with Crippen molar-refractivity contribution in [3.05, 3.63) is 23.3 Å². The predicted molar refractivity (Wildman–Crippen MR) is 81.3 cm³/mol. The summed E-state index contributed by atoms with van der Waals surface area (Å²) in [6.45, 7) is 0.817. The Hall–Kier alpha value is -1.30. The molecule has 0 radical (unpaired) electrons. The van der Waals surface area contributed by atoms with Crippen molar-refractivity contribution in [2.24, 2.45) is 0 Å². The molecule has 4 N–H and O–H groups in total. The van der Waals surface area contributed by atoms with Gasteiger partial charge in [0.2, 0.25) is 0 Å². The summed E-state index contributed by atoms with van der Waals surface area (Å²) in [6.07, 6.45) is 3.42. The normalized spacial score (nSPS) is 44.4. The topological polar surface area (TPSA) is 73.8 Å². The van der Waals surface area contributed by atoms with Crippen LogP contribution in [0.2, 0.25) is 0 Å². The number of piperidine rings is 1. The highest BCUT2D eigenvalue weighted by atomic mass is 16.5. The summed E-state index contributed by atoms with van der Waals surface area (Å²) < 4.78 is 6.23. The molecule has 0 amide bonds. The average Bonchev–Trinajstić information content (AvgIpc) is 2.85. The first-order chi connectivity index (χ1) is 10.6. The van der Waals surface area contributed by atoms with E-state index in [0.717, 1.165) is 37.8 Å². The molecule has 5 unspecified atom stereocenters. The van der Waals surface area contributed by atoms with Crippen LogP contribution in [0.3, 0.4) is 0 Å². The molecular weight excluding hydrogens is 280 g/mol. The van der Waals surface area contributed by atoms with E-state index in [1.807, 2.05) is 13.1 Å². The molecular formula is C17H22N2O3. The van der Waals surface area contributed by atoms with E-state index in [1.165, 1.54) is 5.56 Å². The van der Waals surface area contributed by atoms with Crippen LogP contribution in [0.25, 0.3) is 0 Å². The van der Waals surface area contributed by atoms with E-state index in [9.17, 15) is 10.2 Å². The number of nitrogens with one attached hydrogen (secondary N) is 2. The third-order valence-electron chi connectivity index (χ3n) is 6.61. The minimum Gasteiger partial charge on any atom is -0.504 e. The molecule has 2 aliphatic heterocycles. The van der Waals surface area contributed by atoms with Gasteiger partial charge >= 0.3 is 0 Å². The van der Waals surface area contributed by atoms with Gasteiger partial charge in [-0.3, -0.25) is 0 Å². The Bertz CT molecular complexity index is 664. The molecule has 1 saturated heterocycles. The fourth-order valence-corrected chi connectivity index (χ4v) is 5.84. The standard InChI is InChI=1S/C17H22N2O3/c1-18-12-8-19-11-7-9-4-5-10(20)15-14(9)17(12)13(22-15)3-2-6-16(11,17)21/h4-5,11-13,18-21H,2-3,6-8H2,1H3. The van der Waals surface area contributed by atoms with Crippen LogP contribution in [0.1, 0.15) is 30.4 Å². The summed E-state index contributed by atoms with van der Waals surface area (Å²) in [6, 6.07) is 3.90. The van der Waals surface area contributed by atoms with Crippen molar-refractivity contribution in [3.63, 3.8) is 0 Å². The Morgan fingerprint density at radius 1 is 1.41 bits per heavy atom. The lowest BCUT2D eigenvalue weighted by atomic mass is 9.48. The molecule has 118 valence electrons. The van der Waals surface area contributed by atoms with E-state index in [2.05, 4.69) is 10.6 Å². The van der Waals surface area contributed by atoms with E-state index in [1.54, 1.807) is 6.07 Å². The number of likely N-dealkylation sites (N-methyl/N-ethyl adjacent to an activating group) is 1. The first-order valence-electron chi connectivity index (χ1n) is 8.28. The number of benzene rings is 1. The molecule has 2 heterocycles. The number of hydrogen-bond acceptors (Lipinski definition) is 5. The van der Waals surface area contributed by atoms with Gasteiger partial charge in [-0.2, -0.15) is 0 Å². The van der Waals surface area contributed by atoms with Crippen molar-refractivity contribution in [1.29, 1.82) is 0 Å². The van der Waals surface area contributed by atoms with Gasteiger partial charge in [0.25, 0.3) is 0 Å². The van der Waals surface area contributed by atoms with Gasteiger partial charge in [0.15, 0.2) is 11.5 Å². The number of aliphatic hydroxyl groups is 1. The Labute approximate surface area is 129 Å². The fourth-order valence-electron chi connectivity index (χ4n) is 5.84. The number of phenols is 1. The van der Waals surface area contributed by atoms with Gasteiger partial charge in [-0.25, -0.2) is 0 Å². The Balaban J connectivity index is 1.88. The second-order valence-corrected chi connectivity index (χ2v) is 7.25. The molecule has 0 aromatic heterocycles. The van der Waals surface area contributed by atoms with Gasteiger partial charge < -0.3 is 25.6 Å². The smallest absolute Gasteiger partial charge is 0.165 e. The number of rotatable bonds is 1. The number of hydrogen-bond donors (Lipinski definition) is 4. The zero-order valence-corrected chi connectivity index (χ0v) is 12.7. The van der Waals surface area contributed by atoms with Crippen molar-refractivity contribution in [2.45, 2.75) is 54.9 Å². The van der Waals surface area contributed by atoms with Crippen LogP contribution >= 0.6 is 0 Å². The molecule has 2 bridgehead atoms. The molecule has 2 fully saturated rings. The quantitative estimate of drug-likeness (QED) is 0.605. The lowest BCUT2D eigenvalue weighted by molar-refractivity contribution is -0.160. The molecule has 1 spiro atoms.